The molecule has 0 aliphatic carbocycles. The highest BCUT2D eigenvalue weighted by molar-refractivity contribution is 7.07. The van der Waals surface area contributed by atoms with Gasteiger partial charge in [-0.1, -0.05) is 84.2 Å². The van der Waals surface area contributed by atoms with Crippen LogP contribution in [0.2, 0.25) is 0 Å². The summed E-state index contributed by atoms with van der Waals surface area (Å²) < 4.78 is 13.4. The summed E-state index contributed by atoms with van der Waals surface area (Å²) in [6, 6.07) is 26.2. The molecule has 0 radical (unpaired) electrons. The number of fused-ring (bicyclic) bond motifs is 1. The molecule has 0 spiro atoms. The monoisotopic (exact) mass is 522 g/mol. The SMILES string of the molecule is CCOC(=O)C1=C(C)N=c2sc(=Cc3cccc(Oc4ccccc4)c3)c(=O)n2C1C=Cc1ccccc1. The molecule has 0 N–H and O–H groups in total. The minimum atomic E-state index is -0.639. The summed E-state index contributed by atoms with van der Waals surface area (Å²) in [6.07, 6.45) is 5.59. The van der Waals surface area contributed by atoms with Crippen molar-refractivity contribution in [2.45, 2.75) is 19.9 Å². The molecule has 0 saturated heterocycles. The maximum atomic E-state index is 13.7. The first-order chi connectivity index (χ1) is 18.5. The number of aromatic nitrogens is 1. The number of hydrogen-bond acceptors (Lipinski definition) is 6. The molecule has 1 atom stereocenters. The molecule has 1 unspecified atom stereocenters. The van der Waals surface area contributed by atoms with Crippen molar-refractivity contribution in [2.75, 3.05) is 6.61 Å². The van der Waals surface area contributed by atoms with E-state index in [1.54, 1.807) is 18.4 Å². The van der Waals surface area contributed by atoms with Gasteiger partial charge in [0.2, 0.25) is 0 Å². The highest BCUT2D eigenvalue weighted by atomic mass is 32.1. The Hall–Kier alpha value is -4.49. The van der Waals surface area contributed by atoms with Crippen molar-refractivity contribution in [2.24, 2.45) is 4.99 Å². The number of benzene rings is 3. The second kappa shape index (κ2) is 11.3. The van der Waals surface area contributed by atoms with E-state index >= 15 is 0 Å². The summed E-state index contributed by atoms with van der Waals surface area (Å²) in [6.45, 7) is 3.76. The molecule has 0 amide bonds. The molecule has 6 nitrogen and oxygen atoms in total. The molecule has 190 valence electrons. The third-order valence-corrected chi connectivity index (χ3v) is 6.95. The van der Waals surface area contributed by atoms with Crippen molar-refractivity contribution >= 4 is 29.5 Å². The van der Waals surface area contributed by atoms with Gasteiger partial charge in [-0.15, -0.1) is 0 Å². The van der Waals surface area contributed by atoms with Gasteiger partial charge in [0.15, 0.2) is 4.80 Å². The lowest BCUT2D eigenvalue weighted by atomic mass is 10.0. The zero-order valence-electron chi connectivity index (χ0n) is 21.0. The quantitative estimate of drug-likeness (QED) is 0.311. The molecule has 1 aromatic heterocycles. The van der Waals surface area contributed by atoms with Gasteiger partial charge in [-0.25, -0.2) is 9.79 Å². The maximum absolute atomic E-state index is 13.7. The Morgan fingerprint density at radius 1 is 0.974 bits per heavy atom. The fourth-order valence-electron chi connectivity index (χ4n) is 4.23. The van der Waals surface area contributed by atoms with E-state index in [1.807, 2.05) is 103 Å². The van der Waals surface area contributed by atoms with Crippen LogP contribution in [0.25, 0.3) is 12.2 Å². The van der Waals surface area contributed by atoms with Crippen LogP contribution in [0.5, 0.6) is 11.5 Å². The molecule has 5 rings (SSSR count). The molecule has 0 fully saturated rings. The predicted molar refractivity (Wildman–Crippen MR) is 150 cm³/mol. The smallest absolute Gasteiger partial charge is 0.338 e. The lowest BCUT2D eigenvalue weighted by Crippen LogP contribution is -2.38. The standard InChI is InChI=1S/C31H26N2O4S/c1-3-36-30(35)28-21(2)32-31-33(26(28)18-17-22-11-6-4-7-12-22)29(34)27(38-31)20-23-13-10-16-25(19-23)37-24-14-8-5-9-15-24/h4-20,26H,3H2,1-2H3. The van der Waals surface area contributed by atoms with Crippen molar-refractivity contribution in [1.29, 1.82) is 0 Å². The van der Waals surface area contributed by atoms with Crippen molar-refractivity contribution < 1.29 is 14.3 Å². The summed E-state index contributed by atoms with van der Waals surface area (Å²) in [7, 11) is 0. The molecule has 3 aromatic carbocycles. The fourth-order valence-corrected chi connectivity index (χ4v) is 5.28. The Kier molecular flexibility index (Phi) is 7.47. The summed E-state index contributed by atoms with van der Waals surface area (Å²) in [5.41, 5.74) is 2.46. The van der Waals surface area contributed by atoms with Crippen LogP contribution in [0.4, 0.5) is 0 Å². The normalized spacial score (nSPS) is 15.3. The molecule has 4 aromatic rings. The highest BCUT2D eigenvalue weighted by Gasteiger charge is 2.30. The van der Waals surface area contributed by atoms with E-state index < -0.39 is 12.0 Å². The van der Waals surface area contributed by atoms with Gasteiger partial charge < -0.3 is 9.47 Å². The van der Waals surface area contributed by atoms with Crippen LogP contribution in [0.15, 0.2) is 112 Å². The van der Waals surface area contributed by atoms with Gasteiger partial charge in [0.1, 0.15) is 11.5 Å². The molecule has 7 heteroatoms. The maximum Gasteiger partial charge on any atom is 0.338 e. The number of ether oxygens (including phenoxy) is 2. The van der Waals surface area contributed by atoms with Gasteiger partial charge in [0.25, 0.3) is 5.56 Å². The number of thiazole rings is 1. The Labute approximate surface area is 224 Å². The van der Waals surface area contributed by atoms with Gasteiger partial charge >= 0.3 is 5.97 Å². The highest BCUT2D eigenvalue weighted by Crippen LogP contribution is 2.27. The Morgan fingerprint density at radius 3 is 2.39 bits per heavy atom. The van der Waals surface area contributed by atoms with Crippen LogP contribution < -0.4 is 19.6 Å². The topological polar surface area (TPSA) is 69.9 Å². The first kappa shape index (κ1) is 25.2. The van der Waals surface area contributed by atoms with E-state index in [9.17, 15) is 9.59 Å². The molecule has 1 aliphatic heterocycles. The number of carbonyl (C=O) groups excluding carboxylic acids is 1. The summed E-state index contributed by atoms with van der Waals surface area (Å²) in [5.74, 6) is 0.925. The van der Waals surface area contributed by atoms with Crippen molar-refractivity contribution in [1.82, 2.24) is 4.57 Å². The lowest BCUT2D eigenvalue weighted by molar-refractivity contribution is -0.139. The average Bonchev–Trinajstić information content (AvgIpc) is 3.22. The molecule has 1 aliphatic rings. The minimum Gasteiger partial charge on any atom is -0.463 e. The minimum absolute atomic E-state index is 0.222. The second-order valence-corrected chi connectivity index (χ2v) is 9.61. The van der Waals surface area contributed by atoms with Crippen LogP contribution in [0.3, 0.4) is 0 Å². The molecule has 38 heavy (non-hydrogen) atoms. The van der Waals surface area contributed by atoms with Crippen LogP contribution in [-0.2, 0) is 9.53 Å². The van der Waals surface area contributed by atoms with Gasteiger partial charge in [-0.05, 0) is 55.3 Å². The van der Waals surface area contributed by atoms with Gasteiger partial charge in [-0.2, -0.15) is 0 Å². The van der Waals surface area contributed by atoms with Crippen molar-refractivity contribution in [3.8, 4) is 11.5 Å². The van der Waals surface area contributed by atoms with E-state index in [2.05, 4.69) is 4.99 Å². The average molecular weight is 523 g/mol. The van der Waals surface area contributed by atoms with Crippen molar-refractivity contribution in [3.05, 3.63) is 133 Å². The fraction of sp³-hybridized carbons (Fsp3) is 0.129. The largest absolute Gasteiger partial charge is 0.463 e. The van der Waals surface area contributed by atoms with Gasteiger partial charge in [0.05, 0.1) is 28.5 Å². The molecule has 0 saturated carbocycles. The van der Waals surface area contributed by atoms with Crippen LogP contribution in [-0.4, -0.2) is 17.1 Å². The van der Waals surface area contributed by atoms with Crippen LogP contribution in [0.1, 0.15) is 31.0 Å². The number of allylic oxidation sites excluding steroid dienone is 2. The van der Waals surface area contributed by atoms with E-state index in [-0.39, 0.29) is 12.2 Å². The van der Waals surface area contributed by atoms with Crippen LogP contribution in [0, 0.1) is 0 Å². The van der Waals surface area contributed by atoms with Crippen molar-refractivity contribution in [3.63, 3.8) is 0 Å². The number of hydrogen-bond donors (Lipinski definition) is 0. The molecular formula is C31H26N2O4S. The second-order valence-electron chi connectivity index (χ2n) is 8.60. The third-order valence-electron chi connectivity index (χ3n) is 5.96. The zero-order valence-corrected chi connectivity index (χ0v) is 21.9. The predicted octanol–water partition coefficient (Wildman–Crippen LogP) is 5.26. The van der Waals surface area contributed by atoms with E-state index in [4.69, 9.17) is 9.47 Å². The van der Waals surface area contributed by atoms with E-state index in [0.29, 0.717) is 26.4 Å². The first-order valence-electron chi connectivity index (χ1n) is 12.3. The van der Waals surface area contributed by atoms with E-state index in [0.717, 1.165) is 16.9 Å². The number of para-hydroxylation sites is 1. The Morgan fingerprint density at radius 2 is 1.66 bits per heavy atom. The van der Waals surface area contributed by atoms with Crippen LogP contribution >= 0.6 is 11.3 Å². The zero-order chi connectivity index (χ0) is 26.5. The molecular weight excluding hydrogens is 496 g/mol. The summed E-state index contributed by atoms with van der Waals surface area (Å²) in [5, 5.41) is 0. The molecule has 2 heterocycles. The Balaban J connectivity index is 1.57. The number of esters is 1. The number of rotatable bonds is 7. The van der Waals surface area contributed by atoms with Gasteiger partial charge in [-0.3, -0.25) is 9.36 Å². The summed E-state index contributed by atoms with van der Waals surface area (Å²) in [4.78, 5) is 31.8. The number of nitrogens with zero attached hydrogens (tertiary/aromatic N) is 2. The molecule has 0 bridgehead atoms. The number of carbonyl (C=O) groups is 1. The first-order valence-corrected chi connectivity index (χ1v) is 13.1. The Bertz CT molecular complexity index is 1700. The van der Waals surface area contributed by atoms with Gasteiger partial charge in [0, 0.05) is 0 Å². The third kappa shape index (κ3) is 5.43. The summed E-state index contributed by atoms with van der Waals surface area (Å²) >= 11 is 1.29. The lowest BCUT2D eigenvalue weighted by Gasteiger charge is -2.21. The van der Waals surface area contributed by atoms with E-state index in [1.165, 1.54) is 11.3 Å².